The molecule has 0 bridgehead atoms. The standard InChI is InChI=1S/C15H19ClN2O2/c1-10-5-11(2)7-12(6-10)9-17-14-8-13(16)3-4-15(14)18(19)20/h3-5,8,10,12,17H,6-7,9H2,1-2H3. The second-order valence-electron chi connectivity index (χ2n) is 5.60. The molecule has 2 unspecified atom stereocenters. The van der Waals surface area contributed by atoms with Crippen molar-refractivity contribution in [1.82, 2.24) is 0 Å². The molecule has 1 aromatic carbocycles. The lowest BCUT2D eigenvalue weighted by molar-refractivity contribution is -0.384. The molecule has 0 fully saturated rings. The Kier molecular flexibility index (Phi) is 4.65. The molecule has 0 spiro atoms. The van der Waals surface area contributed by atoms with Crippen LogP contribution in [0.5, 0.6) is 0 Å². The molecule has 1 aliphatic rings. The van der Waals surface area contributed by atoms with E-state index in [0.717, 1.165) is 19.4 Å². The van der Waals surface area contributed by atoms with E-state index in [2.05, 4.69) is 25.2 Å². The lowest BCUT2D eigenvalue weighted by Gasteiger charge is -2.25. The van der Waals surface area contributed by atoms with Crippen molar-refractivity contribution in [3.05, 3.63) is 45.0 Å². The fourth-order valence-electron chi connectivity index (χ4n) is 2.91. The largest absolute Gasteiger partial charge is 0.379 e. The fourth-order valence-corrected chi connectivity index (χ4v) is 3.08. The van der Waals surface area contributed by atoms with Gasteiger partial charge in [-0.3, -0.25) is 10.1 Å². The molecule has 1 aromatic rings. The van der Waals surface area contributed by atoms with Crippen molar-refractivity contribution in [2.75, 3.05) is 11.9 Å². The highest BCUT2D eigenvalue weighted by Crippen LogP contribution is 2.31. The molecule has 0 saturated heterocycles. The van der Waals surface area contributed by atoms with Gasteiger partial charge in [-0.1, -0.05) is 30.2 Å². The first-order chi connectivity index (χ1) is 9.45. The number of hydrogen-bond donors (Lipinski definition) is 1. The van der Waals surface area contributed by atoms with Crippen LogP contribution in [-0.4, -0.2) is 11.5 Å². The summed E-state index contributed by atoms with van der Waals surface area (Å²) in [6, 6.07) is 4.61. The SMILES string of the molecule is CC1=CC(C)CC(CNc2cc(Cl)ccc2[N+](=O)[O-])C1. The van der Waals surface area contributed by atoms with Crippen LogP contribution in [0.3, 0.4) is 0 Å². The van der Waals surface area contributed by atoms with Crippen molar-refractivity contribution >= 4 is 23.0 Å². The van der Waals surface area contributed by atoms with Gasteiger partial charge in [0.1, 0.15) is 5.69 Å². The van der Waals surface area contributed by atoms with Crippen LogP contribution < -0.4 is 5.32 Å². The smallest absolute Gasteiger partial charge is 0.292 e. The number of nitrogens with one attached hydrogen (secondary N) is 1. The maximum absolute atomic E-state index is 11.0. The van der Waals surface area contributed by atoms with Gasteiger partial charge in [-0.15, -0.1) is 0 Å². The highest BCUT2D eigenvalue weighted by molar-refractivity contribution is 6.31. The van der Waals surface area contributed by atoms with Crippen molar-refractivity contribution < 1.29 is 4.92 Å². The van der Waals surface area contributed by atoms with Gasteiger partial charge in [-0.2, -0.15) is 0 Å². The van der Waals surface area contributed by atoms with E-state index in [0.29, 0.717) is 22.5 Å². The average Bonchev–Trinajstić information content (AvgIpc) is 2.35. The fraction of sp³-hybridized carbons (Fsp3) is 0.467. The number of nitro benzene ring substituents is 1. The summed E-state index contributed by atoms with van der Waals surface area (Å²) in [6.07, 6.45) is 4.46. The predicted molar refractivity (Wildman–Crippen MR) is 82.2 cm³/mol. The zero-order valence-corrected chi connectivity index (χ0v) is 12.5. The van der Waals surface area contributed by atoms with E-state index >= 15 is 0 Å². The summed E-state index contributed by atoms with van der Waals surface area (Å²) in [4.78, 5) is 10.6. The Balaban J connectivity index is 2.06. The second kappa shape index (κ2) is 6.27. The Morgan fingerprint density at radius 2 is 2.25 bits per heavy atom. The van der Waals surface area contributed by atoms with E-state index in [9.17, 15) is 10.1 Å². The maximum atomic E-state index is 11.0. The molecule has 1 N–H and O–H groups in total. The maximum Gasteiger partial charge on any atom is 0.292 e. The van der Waals surface area contributed by atoms with Crippen molar-refractivity contribution in [3.8, 4) is 0 Å². The summed E-state index contributed by atoms with van der Waals surface area (Å²) in [6.45, 7) is 5.08. The van der Waals surface area contributed by atoms with E-state index in [1.54, 1.807) is 12.1 Å². The van der Waals surface area contributed by atoms with E-state index < -0.39 is 0 Å². The van der Waals surface area contributed by atoms with Crippen LogP contribution in [0.1, 0.15) is 26.7 Å². The molecule has 20 heavy (non-hydrogen) atoms. The number of allylic oxidation sites excluding steroid dienone is 2. The third-order valence-electron chi connectivity index (χ3n) is 3.62. The number of nitro groups is 1. The second-order valence-corrected chi connectivity index (χ2v) is 6.03. The monoisotopic (exact) mass is 294 g/mol. The van der Waals surface area contributed by atoms with Crippen LogP contribution >= 0.6 is 11.6 Å². The quantitative estimate of drug-likeness (QED) is 0.499. The molecule has 2 rings (SSSR count). The van der Waals surface area contributed by atoms with Gasteiger partial charge in [0.2, 0.25) is 0 Å². The van der Waals surface area contributed by atoms with Gasteiger partial charge >= 0.3 is 0 Å². The van der Waals surface area contributed by atoms with Gasteiger partial charge in [-0.05, 0) is 43.7 Å². The van der Waals surface area contributed by atoms with Crippen molar-refractivity contribution in [1.29, 1.82) is 0 Å². The normalized spacial score (nSPS) is 22.2. The summed E-state index contributed by atoms with van der Waals surface area (Å²) in [5.41, 5.74) is 1.98. The minimum absolute atomic E-state index is 0.0746. The Labute approximate surface area is 124 Å². The van der Waals surface area contributed by atoms with Crippen LogP contribution in [0.15, 0.2) is 29.8 Å². The number of halogens is 1. The zero-order valence-electron chi connectivity index (χ0n) is 11.7. The average molecular weight is 295 g/mol. The summed E-state index contributed by atoms with van der Waals surface area (Å²) in [5, 5.41) is 14.7. The predicted octanol–water partition coefficient (Wildman–Crippen LogP) is 4.65. The van der Waals surface area contributed by atoms with Crippen LogP contribution in [0, 0.1) is 22.0 Å². The Bertz CT molecular complexity index is 543. The Morgan fingerprint density at radius 1 is 1.50 bits per heavy atom. The van der Waals surface area contributed by atoms with Gasteiger partial charge in [0.25, 0.3) is 5.69 Å². The Morgan fingerprint density at radius 3 is 2.90 bits per heavy atom. The molecule has 4 nitrogen and oxygen atoms in total. The number of hydrogen-bond acceptors (Lipinski definition) is 3. The van der Waals surface area contributed by atoms with Crippen LogP contribution in [0.2, 0.25) is 5.02 Å². The summed E-state index contributed by atoms with van der Waals surface area (Å²) in [7, 11) is 0. The molecular formula is C15H19ClN2O2. The minimum Gasteiger partial charge on any atom is -0.379 e. The first-order valence-corrected chi connectivity index (χ1v) is 7.18. The molecule has 5 heteroatoms. The molecule has 0 amide bonds. The first kappa shape index (κ1) is 14.9. The van der Waals surface area contributed by atoms with Gasteiger partial charge in [0, 0.05) is 17.6 Å². The van der Waals surface area contributed by atoms with E-state index in [-0.39, 0.29) is 10.6 Å². The molecule has 0 saturated carbocycles. The third-order valence-corrected chi connectivity index (χ3v) is 3.86. The topological polar surface area (TPSA) is 55.2 Å². The summed E-state index contributed by atoms with van der Waals surface area (Å²) >= 11 is 5.92. The van der Waals surface area contributed by atoms with Crippen molar-refractivity contribution in [3.63, 3.8) is 0 Å². The third kappa shape index (κ3) is 3.73. The molecule has 108 valence electrons. The van der Waals surface area contributed by atoms with Crippen molar-refractivity contribution in [2.24, 2.45) is 11.8 Å². The number of anilines is 1. The van der Waals surface area contributed by atoms with Crippen LogP contribution in [-0.2, 0) is 0 Å². The lowest BCUT2D eigenvalue weighted by Crippen LogP contribution is -2.20. The minimum atomic E-state index is -0.382. The highest BCUT2D eigenvalue weighted by atomic mass is 35.5. The van der Waals surface area contributed by atoms with Crippen LogP contribution in [0.25, 0.3) is 0 Å². The number of nitrogens with zero attached hydrogens (tertiary/aromatic N) is 1. The highest BCUT2D eigenvalue weighted by Gasteiger charge is 2.20. The summed E-state index contributed by atoms with van der Waals surface area (Å²) < 4.78 is 0. The number of benzene rings is 1. The number of rotatable bonds is 4. The van der Waals surface area contributed by atoms with Gasteiger partial charge in [0.15, 0.2) is 0 Å². The van der Waals surface area contributed by atoms with Crippen molar-refractivity contribution in [2.45, 2.75) is 26.7 Å². The van der Waals surface area contributed by atoms with Gasteiger partial charge in [-0.25, -0.2) is 0 Å². The molecule has 2 atom stereocenters. The summed E-state index contributed by atoms with van der Waals surface area (Å²) in [5.74, 6) is 1.08. The van der Waals surface area contributed by atoms with E-state index in [4.69, 9.17) is 11.6 Å². The van der Waals surface area contributed by atoms with E-state index in [1.807, 2.05) is 0 Å². The zero-order chi connectivity index (χ0) is 14.7. The van der Waals surface area contributed by atoms with Crippen LogP contribution in [0.4, 0.5) is 11.4 Å². The van der Waals surface area contributed by atoms with Gasteiger partial charge < -0.3 is 5.32 Å². The van der Waals surface area contributed by atoms with Gasteiger partial charge in [0.05, 0.1) is 4.92 Å². The molecule has 0 aromatic heterocycles. The lowest BCUT2D eigenvalue weighted by atomic mass is 9.84. The Hall–Kier alpha value is -1.55. The van der Waals surface area contributed by atoms with E-state index in [1.165, 1.54) is 11.6 Å². The molecule has 1 aliphatic carbocycles. The molecular weight excluding hydrogens is 276 g/mol. The molecule has 0 heterocycles. The first-order valence-electron chi connectivity index (χ1n) is 6.81. The molecule has 0 aliphatic heterocycles. The molecule has 0 radical (unpaired) electrons.